The van der Waals surface area contributed by atoms with Gasteiger partial charge < -0.3 is 15.0 Å². The van der Waals surface area contributed by atoms with Crippen molar-refractivity contribution in [1.29, 1.82) is 0 Å². The van der Waals surface area contributed by atoms with Crippen LogP contribution >= 0.6 is 22.9 Å². The first-order valence-corrected chi connectivity index (χ1v) is 10.1. The number of nitrogens with zero attached hydrogens (tertiary/aromatic N) is 1. The van der Waals surface area contributed by atoms with Gasteiger partial charge in [-0.25, -0.2) is 4.79 Å². The first-order valence-electron chi connectivity index (χ1n) is 8.87. The van der Waals surface area contributed by atoms with Gasteiger partial charge in [-0.15, -0.1) is 11.3 Å². The Morgan fingerprint density at radius 3 is 2.63 bits per heavy atom. The number of carboxylic acid groups (broad SMARTS) is 1. The quantitative estimate of drug-likeness (QED) is 0.527. The Balaban J connectivity index is 1.80. The van der Waals surface area contributed by atoms with E-state index in [0.717, 1.165) is 35.5 Å². The van der Waals surface area contributed by atoms with Gasteiger partial charge in [0.05, 0.1) is 5.56 Å². The van der Waals surface area contributed by atoms with Crippen molar-refractivity contribution in [3.05, 3.63) is 79.8 Å². The van der Waals surface area contributed by atoms with E-state index in [1.807, 2.05) is 48.7 Å². The number of aromatic carboxylic acids is 1. The summed E-state index contributed by atoms with van der Waals surface area (Å²) in [6.07, 6.45) is 0.943. The van der Waals surface area contributed by atoms with Gasteiger partial charge in [-0.05, 0) is 43.3 Å². The number of nitrogens with one attached hydrogen (secondary N) is 1. The van der Waals surface area contributed by atoms with Gasteiger partial charge in [-0.1, -0.05) is 35.9 Å². The van der Waals surface area contributed by atoms with Crippen LogP contribution in [-0.4, -0.2) is 22.2 Å². The number of carboxylic acids is 1. The minimum Gasteiger partial charge on any atom is -0.478 e. The number of hydrogen-bond donors (Lipinski definition) is 2. The number of rotatable bonds is 8. The molecule has 0 radical (unpaired) electrons. The van der Waals surface area contributed by atoms with Crippen LogP contribution in [0.4, 0.5) is 0 Å². The Kier molecular flexibility index (Phi) is 6.37. The maximum Gasteiger partial charge on any atom is 0.337 e. The van der Waals surface area contributed by atoms with E-state index in [2.05, 4.69) is 16.8 Å². The van der Waals surface area contributed by atoms with Gasteiger partial charge in [0.2, 0.25) is 0 Å². The molecule has 0 aliphatic carbocycles. The van der Waals surface area contributed by atoms with Crippen molar-refractivity contribution < 1.29 is 9.90 Å². The lowest BCUT2D eigenvalue weighted by Gasteiger charge is -2.11. The minimum absolute atomic E-state index is 0.392. The van der Waals surface area contributed by atoms with Crippen molar-refractivity contribution in [2.24, 2.45) is 0 Å². The monoisotopic (exact) mass is 402 g/mol. The van der Waals surface area contributed by atoms with Crippen LogP contribution in [-0.2, 0) is 19.5 Å². The molecule has 2 N–H and O–H groups in total. The van der Waals surface area contributed by atoms with Crippen LogP contribution in [0.3, 0.4) is 0 Å². The molecule has 0 bridgehead atoms. The molecule has 1 aromatic carbocycles. The standard InChI is InChI=1S/C21H23ClN2O2S/c1-14-18(12-23-10-9-17-7-5-11-27-17)20(21(25)26)15(2)24(14)13-16-6-3-4-8-19(16)22/h3-8,11,23H,9-10,12-13H2,1-2H3,(H,25,26). The highest BCUT2D eigenvalue weighted by molar-refractivity contribution is 7.09. The molecule has 0 amide bonds. The SMILES string of the molecule is Cc1c(CNCCc2cccs2)c(C(=O)O)c(C)n1Cc1ccccc1Cl. The highest BCUT2D eigenvalue weighted by Crippen LogP contribution is 2.25. The van der Waals surface area contributed by atoms with Gasteiger partial charge in [-0.3, -0.25) is 0 Å². The third-order valence-electron chi connectivity index (χ3n) is 4.84. The van der Waals surface area contributed by atoms with E-state index in [1.54, 1.807) is 11.3 Å². The summed E-state index contributed by atoms with van der Waals surface area (Å²) in [6.45, 7) is 5.75. The lowest BCUT2D eigenvalue weighted by Crippen LogP contribution is -2.18. The average Bonchev–Trinajstić information content (AvgIpc) is 3.22. The Hall–Kier alpha value is -2.08. The molecule has 0 aliphatic heterocycles. The number of carbonyl (C=O) groups is 1. The first-order chi connectivity index (χ1) is 13.0. The van der Waals surface area contributed by atoms with Crippen LogP contribution in [0.2, 0.25) is 5.02 Å². The normalized spacial score (nSPS) is 11.1. The van der Waals surface area contributed by atoms with Crippen LogP contribution in [0.25, 0.3) is 0 Å². The molecule has 0 saturated heterocycles. The molecular weight excluding hydrogens is 380 g/mol. The van der Waals surface area contributed by atoms with Crippen LogP contribution in [0.1, 0.15) is 37.7 Å². The summed E-state index contributed by atoms with van der Waals surface area (Å²) in [5.41, 5.74) is 3.94. The molecule has 2 aromatic heterocycles. The van der Waals surface area contributed by atoms with Gasteiger partial charge in [-0.2, -0.15) is 0 Å². The zero-order valence-electron chi connectivity index (χ0n) is 15.5. The van der Waals surface area contributed by atoms with E-state index in [0.29, 0.717) is 23.7 Å². The second kappa shape index (κ2) is 8.74. The second-order valence-corrected chi connectivity index (χ2v) is 7.95. The average molecular weight is 403 g/mol. The lowest BCUT2D eigenvalue weighted by molar-refractivity contribution is 0.0694. The summed E-state index contributed by atoms with van der Waals surface area (Å²) in [5.74, 6) is -0.886. The van der Waals surface area contributed by atoms with Crippen molar-refractivity contribution in [3.63, 3.8) is 0 Å². The van der Waals surface area contributed by atoms with E-state index in [9.17, 15) is 9.90 Å². The van der Waals surface area contributed by atoms with Crippen molar-refractivity contribution >= 4 is 28.9 Å². The molecule has 142 valence electrons. The predicted octanol–water partition coefficient (Wildman–Crippen LogP) is 4.90. The zero-order chi connectivity index (χ0) is 19.4. The summed E-state index contributed by atoms with van der Waals surface area (Å²) >= 11 is 8.04. The summed E-state index contributed by atoms with van der Waals surface area (Å²) in [4.78, 5) is 13.2. The van der Waals surface area contributed by atoms with E-state index < -0.39 is 5.97 Å². The maximum atomic E-state index is 11.9. The van der Waals surface area contributed by atoms with E-state index in [4.69, 9.17) is 11.6 Å². The molecule has 0 spiro atoms. The molecule has 27 heavy (non-hydrogen) atoms. The number of aromatic nitrogens is 1. The van der Waals surface area contributed by atoms with E-state index in [-0.39, 0.29) is 0 Å². The van der Waals surface area contributed by atoms with E-state index >= 15 is 0 Å². The van der Waals surface area contributed by atoms with Crippen molar-refractivity contribution in [1.82, 2.24) is 9.88 Å². The van der Waals surface area contributed by atoms with Gasteiger partial charge in [0.15, 0.2) is 0 Å². The minimum atomic E-state index is -0.886. The van der Waals surface area contributed by atoms with E-state index in [1.165, 1.54) is 4.88 Å². The molecule has 6 heteroatoms. The molecule has 0 unspecified atom stereocenters. The maximum absolute atomic E-state index is 11.9. The van der Waals surface area contributed by atoms with Crippen molar-refractivity contribution in [2.45, 2.75) is 33.4 Å². The smallest absolute Gasteiger partial charge is 0.337 e. The van der Waals surface area contributed by atoms with Gasteiger partial charge in [0.25, 0.3) is 0 Å². The molecule has 3 aromatic rings. The fraction of sp³-hybridized carbons (Fsp3) is 0.286. The Labute approximate surface area is 168 Å². The molecule has 0 atom stereocenters. The van der Waals surface area contributed by atoms with Crippen LogP contribution in [0, 0.1) is 13.8 Å². The third-order valence-corrected chi connectivity index (χ3v) is 6.15. The molecule has 4 nitrogen and oxygen atoms in total. The fourth-order valence-electron chi connectivity index (χ4n) is 3.36. The topological polar surface area (TPSA) is 54.3 Å². The fourth-order valence-corrected chi connectivity index (χ4v) is 4.27. The number of hydrogen-bond acceptors (Lipinski definition) is 3. The Morgan fingerprint density at radius 2 is 1.96 bits per heavy atom. The number of halogens is 1. The largest absolute Gasteiger partial charge is 0.478 e. The lowest BCUT2D eigenvalue weighted by atomic mass is 10.1. The van der Waals surface area contributed by atoms with Crippen LogP contribution in [0.5, 0.6) is 0 Å². The highest BCUT2D eigenvalue weighted by atomic mass is 35.5. The van der Waals surface area contributed by atoms with Gasteiger partial charge >= 0.3 is 5.97 Å². The Bertz CT molecular complexity index is 932. The highest BCUT2D eigenvalue weighted by Gasteiger charge is 2.22. The Morgan fingerprint density at radius 1 is 1.19 bits per heavy atom. The second-order valence-electron chi connectivity index (χ2n) is 6.51. The number of thiophene rings is 1. The summed E-state index contributed by atoms with van der Waals surface area (Å²) < 4.78 is 2.04. The molecule has 0 aliphatic rings. The molecule has 2 heterocycles. The van der Waals surface area contributed by atoms with Crippen LogP contribution in [0.15, 0.2) is 41.8 Å². The van der Waals surface area contributed by atoms with Gasteiger partial charge in [0.1, 0.15) is 0 Å². The summed E-state index contributed by atoms with van der Waals surface area (Å²) in [6, 6.07) is 11.8. The number of benzene rings is 1. The first kappa shape index (κ1) is 19.7. The summed E-state index contributed by atoms with van der Waals surface area (Å²) in [5, 5.41) is 15.9. The molecule has 3 rings (SSSR count). The summed E-state index contributed by atoms with van der Waals surface area (Å²) in [7, 11) is 0. The van der Waals surface area contributed by atoms with Crippen molar-refractivity contribution in [3.8, 4) is 0 Å². The molecule has 0 fully saturated rings. The third kappa shape index (κ3) is 4.43. The molecular formula is C21H23ClN2O2S. The van der Waals surface area contributed by atoms with Crippen LogP contribution < -0.4 is 5.32 Å². The zero-order valence-corrected chi connectivity index (χ0v) is 17.0. The van der Waals surface area contributed by atoms with Gasteiger partial charge in [0, 0.05) is 46.5 Å². The van der Waals surface area contributed by atoms with Crippen molar-refractivity contribution in [2.75, 3.05) is 6.54 Å². The predicted molar refractivity (Wildman–Crippen MR) is 111 cm³/mol. The molecule has 0 saturated carbocycles.